The van der Waals surface area contributed by atoms with Gasteiger partial charge in [0.25, 0.3) is 5.91 Å². The molecule has 5 heteroatoms. The molecule has 0 aromatic heterocycles. The highest BCUT2D eigenvalue weighted by Gasteiger charge is 2.13. The van der Waals surface area contributed by atoms with Crippen LogP contribution in [-0.4, -0.2) is 18.4 Å². The predicted octanol–water partition coefficient (Wildman–Crippen LogP) is 7.60. The van der Waals surface area contributed by atoms with Crippen molar-refractivity contribution in [1.82, 2.24) is 0 Å². The highest BCUT2D eigenvalue weighted by molar-refractivity contribution is 5.95. The van der Waals surface area contributed by atoms with E-state index >= 15 is 0 Å². The summed E-state index contributed by atoms with van der Waals surface area (Å²) in [5.41, 5.74) is 12.5. The van der Waals surface area contributed by atoms with E-state index in [9.17, 15) is 9.59 Å². The van der Waals surface area contributed by atoms with E-state index in [1.165, 1.54) is 77.0 Å². The molecule has 0 aliphatic carbocycles. The first-order chi connectivity index (χ1) is 17.4. The summed E-state index contributed by atoms with van der Waals surface area (Å²) in [6.07, 6.45) is 15.6. The van der Waals surface area contributed by atoms with Gasteiger partial charge < -0.3 is 16.2 Å². The van der Waals surface area contributed by atoms with Crippen molar-refractivity contribution >= 4 is 11.8 Å². The first-order valence-electron chi connectivity index (χ1n) is 13.8. The Hall–Kier alpha value is -2.82. The minimum Gasteiger partial charge on any atom is -0.492 e. The first kappa shape index (κ1) is 31.2. The summed E-state index contributed by atoms with van der Waals surface area (Å²) in [6.45, 7) is 7.05. The Labute approximate surface area is 219 Å². The molecule has 2 amide bonds. The largest absolute Gasteiger partial charge is 0.492 e. The van der Waals surface area contributed by atoms with E-state index in [0.717, 1.165) is 5.56 Å². The summed E-state index contributed by atoms with van der Waals surface area (Å²) in [6, 6.07) is 14.6. The predicted molar refractivity (Wildman–Crippen MR) is 150 cm³/mol. The van der Waals surface area contributed by atoms with Crippen LogP contribution in [-0.2, 0) is 0 Å². The molecule has 0 aliphatic heterocycles. The normalized spacial score (nSPS) is 11.3. The van der Waals surface area contributed by atoms with Crippen molar-refractivity contribution in [3.05, 3.63) is 65.2 Å². The molecule has 1 unspecified atom stereocenters. The van der Waals surface area contributed by atoms with Crippen molar-refractivity contribution in [3.63, 3.8) is 0 Å². The van der Waals surface area contributed by atoms with Gasteiger partial charge in [0.15, 0.2) is 0 Å². The van der Waals surface area contributed by atoms with Gasteiger partial charge in [0, 0.05) is 5.56 Å². The molecule has 0 saturated carbocycles. The minimum absolute atomic E-state index is 0.363. The average molecular weight is 497 g/mol. The maximum Gasteiger partial charge on any atom is 0.252 e. The van der Waals surface area contributed by atoms with Crippen molar-refractivity contribution in [3.8, 4) is 5.75 Å². The highest BCUT2D eigenvalue weighted by atomic mass is 16.5. The molecule has 1 atom stereocenters. The van der Waals surface area contributed by atoms with Crippen LogP contribution in [0.15, 0.2) is 48.5 Å². The average Bonchev–Trinajstić information content (AvgIpc) is 2.87. The molecular weight excluding hydrogens is 448 g/mol. The van der Waals surface area contributed by atoms with Crippen molar-refractivity contribution in [2.24, 2.45) is 17.4 Å². The zero-order valence-corrected chi connectivity index (χ0v) is 22.8. The van der Waals surface area contributed by atoms with E-state index in [1.807, 2.05) is 37.3 Å². The van der Waals surface area contributed by atoms with Crippen molar-refractivity contribution in [2.45, 2.75) is 97.8 Å². The Morgan fingerprint density at radius 3 is 1.69 bits per heavy atom. The minimum atomic E-state index is -0.420. The number of carbonyl (C=O) groups is 2. The molecule has 0 saturated heterocycles. The summed E-state index contributed by atoms with van der Waals surface area (Å²) < 4.78 is 6.01. The molecule has 5 nitrogen and oxygen atoms in total. The first-order valence-corrected chi connectivity index (χ1v) is 13.8. The van der Waals surface area contributed by atoms with Crippen molar-refractivity contribution in [2.75, 3.05) is 6.61 Å². The second-order valence-electron chi connectivity index (χ2n) is 9.62. The summed E-state index contributed by atoms with van der Waals surface area (Å²) in [7, 11) is 0. The number of rotatable bonds is 17. The summed E-state index contributed by atoms with van der Waals surface area (Å²) in [4.78, 5) is 22.2. The number of para-hydroxylation sites is 1. The molecule has 36 heavy (non-hydrogen) atoms. The lowest BCUT2D eigenvalue weighted by Gasteiger charge is -2.19. The topological polar surface area (TPSA) is 95.4 Å². The quantitative estimate of drug-likeness (QED) is 0.221. The van der Waals surface area contributed by atoms with Crippen molar-refractivity contribution in [1.29, 1.82) is 0 Å². The molecule has 0 bridgehead atoms. The fourth-order valence-corrected chi connectivity index (χ4v) is 4.24. The molecule has 0 heterocycles. The van der Waals surface area contributed by atoms with Gasteiger partial charge in [0.1, 0.15) is 5.75 Å². The van der Waals surface area contributed by atoms with E-state index in [-0.39, 0.29) is 5.91 Å². The number of primary amides is 2. The zero-order chi connectivity index (χ0) is 26.6. The van der Waals surface area contributed by atoms with E-state index < -0.39 is 5.91 Å². The lowest BCUT2D eigenvalue weighted by Crippen LogP contribution is -2.16. The van der Waals surface area contributed by atoms with Gasteiger partial charge >= 0.3 is 0 Å². The fourth-order valence-electron chi connectivity index (χ4n) is 4.24. The van der Waals surface area contributed by atoms with Crippen LogP contribution in [0, 0.1) is 12.8 Å². The van der Waals surface area contributed by atoms with Crippen LogP contribution >= 0.6 is 0 Å². The third-order valence-electron chi connectivity index (χ3n) is 6.47. The van der Waals surface area contributed by atoms with Gasteiger partial charge in [-0.1, -0.05) is 108 Å². The fraction of sp³-hybridized carbons (Fsp3) is 0.548. The van der Waals surface area contributed by atoms with E-state index in [2.05, 4.69) is 13.8 Å². The lowest BCUT2D eigenvalue weighted by atomic mass is 9.95. The molecular formula is C31H48N2O3. The van der Waals surface area contributed by atoms with Crippen LogP contribution in [0.25, 0.3) is 0 Å². The van der Waals surface area contributed by atoms with Gasteiger partial charge in [0.05, 0.1) is 12.2 Å². The molecule has 2 rings (SSSR count). The molecule has 0 radical (unpaired) electrons. The van der Waals surface area contributed by atoms with Crippen LogP contribution < -0.4 is 16.2 Å². The van der Waals surface area contributed by atoms with E-state index in [0.29, 0.717) is 29.4 Å². The Morgan fingerprint density at radius 1 is 0.694 bits per heavy atom. The van der Waals surface area contributed by atoms with Crippen LogP contribution in [0.1, 0.15) is 117 Å². The third-order valence-corrected chi connectivity index (χ3v) is 6.47. The molecule has 2 aromatic rings. The molecule has 200 valence electrons. The molecule has 0 aliphatic rings. The monoisotopic (exact) mass is 496 g/mol. The van der Waals surface area contributed by atoms with Crippen LogP contribution in [0.2, 0.25) is 0 Å². The van der Waals surface area contributed by atoms with Gasteiger partial charge in [-0.2, -0.15) is 0 Å². The number of amides is 2. The summed E-state index contributed by atoms with van der Waals surface area (Å²) >= 11 is 0. The Bertz CT molecular complexity index is 882. The third kappa shape index (κ3) is 13.3. The van der Waals surface area contributed by atoms with E-state index in [1.54, 1.807) is 18.2 Å². The van der Waals surface area contributed by atoms with Crippen LogP contribution in [0.3, 0.4) is 0 Å². The number of hydrogen-bond donors (Lipinski definition) is 2. The Balaban J connectivity index is 0.000000537. The van der Waals surface area contributed by atoms with Crippen LogP contribution in [0.5, 0.6) is 5.75 Å². The lowest BCUT2D eigenvalue weighted by molar-refractivity contribution is 0.0988. The smallest absolute Gasteiger partial charge is 0.252 e. The number of carbonyl (C=O) groups excluding carboxylic acids is 2. The number of aryl methyl sites for hydroxylation is 1. The Morgan fingerprint density at radius 2 is 1.17 bits per heavy atom. The number of hydrogen-bond acceptors (Lipinski definition) is 3. The number of nitrogens with two attached hydrogens (primary N) is 2. The summed E-state index contributed by atoms with van der Waals surface area (Å²) in [5, 5.41) is 0. The zero-order valence-electron chi connectivity index (χ0n) is 22.8. The van der Waals surface area contributed by atoms with Gasteiger partial charge in [-0.3, -0.25) is 9.59 Å². The number of unbranched alkanes of at least 4 members (excludes halogenated alkanes) is 8. The molecule has 4 N–H and O–H groups in total. The standard InChI is InChI=1S/C23H39NO2.C8H9NO/c1-3-5-7-9-10-12-16-20(15-11-8-6-4-2)19-26-22-18-14-13-17-21(22)23(24)25;1-6-4-2-3-5-7(6)8(9)10/h13-14,17-18,20H,3-12,15-16,19H2,1-2H3,(H2,24,25);2-5H,1H3,(H2,9,10). The number of ether oxygens (including phenoxy) is 1. The van der Waals surface area contributed by atoms with Gasteiger partial charge in [0.2, 0.25) is 5.91 Å². The molecule has 2 aromatic carbocycles. The second kappa shape index (κ2) is 19.4. The molecule has 0 fully saturated rings. The maximum atomic E-state index is 11.5. The Kier molecular flexibility index (Phi) is 16.8. The molecule has 0 spiro atoms. The van der Waals surface area contributed by atoms with Gasteiger partial charge in [-0.15, -0.1) is 0 Å². The van der Waals surface area contributed by atoms with Gasteiger partial charge in [-0.05, 0) is 49.4 Å². The van der Waals surface area contributed by atoms with Crippen LogP contribution in [0.4, 0.5) is 0 Å². The maximum absolute atomic E-state index is 11.5. The SMILES string of the molecule is CCCCCCCCC(CCCCCC)COc1ccccc1C(N)=O.Cc1ccccc1C(N)=O. The highest BCUT2D eigenvalue weighted by Crippen LogP contribution is 2.23. The second-order valence-corrected chi connectivity index (χ2v) is 9.62. The number of benzene rings is 2. The van der Waals surface area contributed by atoms with Gasteiger partial charge in [-0.25, -0.2) is 0 Å². The van der Waals surface area contributed by atoms with E-state index in [4.69, 9.17) is 16.2 Å². The summed E-state index contributed by atoms with van der Waals surface area (Å²) in [5.74, 6) is 0.412. The van der Waals surface area contributed by atoms with Crippen molar-refractivity contribution < 1.29 is 14.3 Å².